The van der Waals surface area contributed by atoms with Gasteiger partial charge in [-0.1, -0.05) is 48.5 Å². The Morgan fingerprint density at radius 3 is 2.41 bits per heavy atom. The third kappa shape index (κ3) is 4.43. The van der Waals surface area contributed by atoms with Crippen molar-refractivity contribution < 1.29 is 14.3 Å². The predicted molar refractivity (Wildman–Crippen MR) is 131 cm³/mol. The van der Waals surface area contributed by atoms with Crippen LogP contribution in [-0.2, 0) is 9.53 Å². The molecule has 0 aromatic heterocycles. The molecule has 0 aliphatic carbocycles. The van der Waals surface area contributed by atoms with Gasteiger partial charge in [0.15, 0.2) is 0 Å². The Balaban J connectivity index is 1.74. The van der Waals surface area contributed by atoms with Crippen molar-refractivity contribution in [2.75, 3.05) is 11.5 Å². The Kier molecular flexibility index (Phi) is 6.37. The number of aryl methyl sites for hydroxylation is 1. The van der Waals surface area contributed by atoms with Crippen molar-refractivity contribution >= 4 is 45.3 Å². The smallest absolute Gasteiger partial charge is 0.338 e. The van der Waals surface area contributed by atoms with Gasteiger partial charge in [0.2, 0.25) is 0 Å². The standard InChI is InChI=1S/C27H22BrNO3/c1-3-32-27(31)21-12-10-19(11-13-21)16-22-17-25(20-7-5-4-6-8-20)29(26(22)30)24-14-9-18(2)15-23(24)28/h4-17H,3H2,1-2H3/b22-16+. The third-order valence-electron chi connectivity index (χ3n) is 5.14. The van der Waals surface area contributed by atoms with Crippen molar-refractivity contribution in [2.24, 2.45) is 0 Å². The molecule has 0 atom stereocenters. The van der Waals surface area contributed by atoms with Gasteiger partial charge in [0.25, 0.3) is 5.91 Å². The fourth-order valence-corrected chi connectivity index (χ4v) is 4.25. The zero-order chi connectivity index (χ0) is 22.7. The molecule has 0 N–H and O–H groups in total. The second-order valence-corrected chi connectivity index (χ2v) is 8.29. The number of esters is 1. The minimum Gasteiger partial charge on any atom is -0.462 e. The third-order valence-corrected chi connectivity index (χ3v) is 5.78. The van der Waals surface area contributed by atoms with E-state index in [1.165, 1.54) is 0 Å². The summed E-state index contributed by atoms with van der Waals surface area (Å²) in [6.45, 7) is 4.12. The van der Waals surface area contributed by atoms with E-state index in [9.17, 15) is 9.59 Å². The van der Waals surface area contributed by atoms with Crippen LogP contribution in [0.15, 0.2) is 88.9 Å². The van der Waals surface area contributed by atoms with E-state index >= 15 is 0 Å². The summed E-state index contributed by atoms with van der Waals surface area (Å²) in [4.78, 5) is 27.1. The Morgan fingerprint density at radius 1 is 1.03 bits per heavy atom. The molecule has 1 heterocycles. The molecule has 3 aromatic carbocycles. The van der Waals surface area contributed by atoms with Crippen LogP contribution in [0.2, 0.25) is 0 Å². The number of ether oxygens (including phenoxy) is 1. The maximum Gasteiger partial charge on any atom is 0.338 e. The number of amides is 1. The molecular formula is C27H22BrNO3. The molecule has 1 amide bonds. The average Bonchev–Trinajstić information content (AvgIpc) is 3.11. The van der Waals surface area contributed by atoms with Crippen molar-refractivity contribution in [3.63, 3.8) is 0 Å². The number of nitrogens with zero attached hydrogens (tertiary/aromatic N) is 1. The lowest BCUT2D eigenvalue weighted by Crippen LogP contribution is -2.25. The lowest BCUT2D eigenvalue weighted by atomic mass is 10.1. The van der Waals surface area contributed by atoms with Gasteiger partial charge in [0.1, 0.15) is 0 Å². The Hall–Kier alpha value is -3.44. The van der Waals surface area contributed by atoms with Crippen molar-refractivity contribution in [3.8, 4) is 0 Å². The van der Waals surface area contributed by atoms with Crippen LogP contribution in [0.4, 0.5) is 5.69 Å². The number of hydrogen-bond acceptors (Lipinski definition) is 3. The molecular weight excluding hydrogens is 466 g/mol. The summed E-state index contributed by atoms with van der Waals surface area (Å²) >= 11 is 3.62. The molecule has 5 heteroatoms. The van der Waals surface area contributed by atoms with E-state index in [2.05, 4.69) is 15.9 Å². The van der Waals surface area contributed by atoms with Crippen LogP contribution in [0.3, 0.4) is 0 Å². The SMILES string of the molecule is CCOC(=O)c1ccc(/C=C2\C=C(c3ccccc3)N(c3ccc(C)cc3Br)C2=O)cc1. The van der Waals surface area contributed by atoms with Crippen LogP contribution in [0, 0.1) is 6.92 Å². The Bertz CT molecular complexity index is 1230. The number of carbonyl (C=O) groups is 2. The lowest BCUT2D eigenvalue weighted by Gasteiger charge is -2.22. The molecule has 0 bridgehead atoms. The second kappa shape index (κ2) is 9.37. The van der Waals surface area contributed by atoms with Crippen LogP contribution < -0.4 is 4.90 Å². The van der Waals surface area contributed by atoms with Gasteiger partial charge in [0, 0.05) is 10.0 Å². The second-order valence-electron chi connectivity index (χ2n) is 7.43. The lowest BCUT2D eigenvalue weighted by molar-refractivity contribution is -0.113. The molecule has 32 heavy (non-hydrogen) atoms. The molecule has 1 aliphatic rings. The zero-order valence-electron chi connectivity index (χ0n) is 17.8. The highest BCUT2D eigenvalue weighted by Crippen LogP contribution is 2.39. The van der Waals surface area contributed by atoms with E-state index in [0.29, 0.717) is 17.7 Å². The molecule has 0 unspecified atom stereocenters. The topological polar surface area (TPSA) is 46.6 Å². The van der Waals surface area contributed by atoms with Crippen LogP contribution in [0.25, 0.3) is 11.8 Å². The first-order valence-corrected chi connectivity index (χ1v) is 11.1. The van der Waals surface area contributed by atoms with Crippen molar-refractivity contribution in [1.82, 2.24) is 0 Å². The highest BCUT2D eigenvalue weighted by Gasteiger charge is 2.31. The first kappa shape index (κ1) is 21.8. The first-order chi connectivity index (χ1) is 15.5. The summed E-state index contributed by atoms with van der Waals surface area (Å²) in [7, 11) is 0. The van der Waals surface area contributed by atoms with Gasteiger partial charge in [-0.2, -0.15) is 0 Å². The predicted octanol–water partition coefficient (Wildman–Crippen LogP) is 6.41. The minimum atomic E-state index is -0.356. The zero-order valence-corrected chi connectivity index (χ0v) is 19.4. The molecule has 4 nitrogen and oxygen atoms in total. The normalized spacial score (nSPS) is 14.6. The van der Waals surface area contributed by atoms with E-state index in [-0.39, 0.29) is 11.9 Å². The van der Waals surface area contributed by atoms with E-state index < -0.39 is 0 Å². The maximum absolute atomic E-state index is 13.5. The van der Waals surface area contributed by atoms with Gasteiger partial charge in [-0.25, -0.2) is 4.79 Å². The van der Waals surface area contributed by atoms with Gasteiger partial charge >= 0.3 is 5.97 Å². The van der Waals surface area contributed by atoms with Crippen molar-refractivity contribution in [3.05, 3.63) is 111 Å². The van der Waals surface area contributed by atoms with Crippen LogP contribution in [0.1, 0.15) is 34.0 Å². The summed E-state index contributed by atoms with van der Waals surface area (Å²) < 4.78 is 5.89. The number of hydrogen-bond donors (Lipinski definition) is 0. The quantitative estimate of drug-likeness (QED) is 0.308. The minimum absolute atomic E-state index is 0.108. The van der Waals surface area contributed by atoms with Gasteiger partial charge in [-0.3, -0.25) is 9.69 Å². The molecule has 0 fully saturated rings. The number of benzene rings is 3. The summed E-state index contributed by atoms with van der Waals surface area (Å²) in [5, 5.41) is 0. The fourth-order valence-electron chi connectivity index (χ4n) is 3.58. The monoisotopic (exact) mass is 487 g/mol. The molecule has 160 valence electrons. The van der Waals surface area contributed by atoms with E-state index in [1.807, 2.05) is 79.7 Å². The summed E-state index contributed by atoms with van der Waals surface area (Å²) in [5.74, 6) is -0.465. The number of rotatable bonds is 5. The van der Waals surface area contributed by atoms with E-state index in [0.717, 1.165) is 32.5 Å². The molecule has 0 saturated carbocycles. The maximum atomic E-state index is 13.5. The summed E-state index contributed by atoms with van der Waals surface area (Å²) in [5.41, 5.74) is 5.54. The van der Waals surface area contributed by atoms with Crippen LogP contribution >= 0.6 is 15.9 Å². The molecule has 0 saturated heterocycles. The van der Waals surface area contributed by atoms with Gasteiger partial charge in [0.05, 0.1) is 23.6 Å². The number of halogens is 1. The van der Waals surface area contributed by atoms with Gasteiger partial charge in [-0.15, -0.1) is 0 Å². The van der Waals surface area contributed by atoms with Gasteiger partial charge in [-0.05, 0) is 82.9 Å². The Labute approximate surface area is 196 Å². The summed E-state index contributed by atoms with van der Waals surface area (Å²) in [6.07, 6.45) is 3.74. The van der Waals surface area contributed by atoms with Crippen LogP contribution in [-0.4, -0.2) is 18.5 Å². The highest BCUT2D eigenvalue weighted by molar-refractivity contribution is 9.10. The van der Waals surface area contributed by atoms with Gasteiger partial charge < -0.3 is 4.74 Å². The number of carbonyl (C=O) groups excluding carboxylic acids is 2. The van der Waals surface area contributed by atoms with Crippen molar-refractivity contribution in [1.29, 1.82) is 0 Å². The molecule has 3 aromatic rings. The van der Waals surface area contributed by atoms with Crippen LogP contribution in [0.5, 0.6) is 0 Å². The first-order valence-electron chi connectivity index (χ1n) is 10.3. The molecule has 0 spiro atoms. The average molecular weight is 488 g/mol. The molecule has 1 aliphatic heterocycles. The Morgan fingerprint density at radius 2 is 1.75 bits per heavy atom. The molecule has 0 radical (unpaired) electrons. The number of anilines is 1. The largest absolute Gasteiger partial charge is 0.462 e. The summed E-state index contributed by atoms with van der Waals surface area (Å²) in [6, 6.07) is 22.8. The highest BCUT2D eigenvalue weighted by atomic mass is 79.9. The molecule has 4 rings (SSSR count). The van der Waals surface area contributed by atoms with Crippen molar-refractivity contribution in [2.45, 2.75) is 13.8 Å². The van der Waals surface area contributed by atoms with E-state index in [1.54, 1.807) is 24.0 Å². The van der Waals surface area contributed by atoms with E-state index in [4.69, 9.17) is 4.74 Å². The fraction of sp³-hybridized carbons (Fsp3) is 0.111.